The lowest BCUT2D eigenvalue weighted by molar-refractivity contribution is -0.125. The lowest BCUT2D eigenvalue weighted by atomic mass is 9.84. The fraction of sp³-hybridized carbons (Fsp3) is 0.545. The van der Waals surface area contributed by atoms with Gasteiger partial charge in [0, 0.05) is 12.6 Å². The number of carbonyl (C=O) groups excluding carboxylic acids is 2. The minimum Gasteiger partial charge on any atom is -0.284 e. The maximum absolute atomic E-state index is 12.3. The van der Waals surface area contributed by atoms with Gasteiger partial charge in [-0.3, -0.25) is 14.7 Å². The van der Waals surface area contributed by atoms with Crippen LogP contribution in [0.15, 0.2) is 12.4 Å². The Hall–Kier alpha value is -1.65. The Labute approximate surface area is 92.8 Å². The third kappa shape index (κ3) is 1.14. The largest absolute Gasteiger partial charge is 0.284 e. The van der Waals surface area contributed by atoms with Crippen molar-refractivity contribution in [2.24, 2.45) is 5.41 Å². The van der Waals surface area contributed by atoms with E-state index in [2.05, 4.69) is 10.2 Å². The number of imide groups is 1. The number of aromatic amines is 1. The maximum atomic E-state index is 12.3. The molecule has 0 unspecified atom stereocenters. The quantitative estimate of drug-likeness (QED) is 0.722. The molecule has 2 aliphatic rings. The molecule has 0 bridgehead atoms. The van der Waals surface area contributed by atoms with Crippen molar-refractivity contribution in [1.82, 2.24) is 10.2 Å². The van der Waals surface area contributed by atoms with E-state index in [0.29, 0.717) is 12.1 Å². The van der Waals surface area contributed by atoms with Gasteiger partial charge in [-0.25, -0.2) is 4.90 Å². The van der Waals surface area contributed by atoms with Crippen molar-refractivity contribution >= 4 is 17.5 Å². The van der Waals surface area contributed by atoms with Crippen LogP contribution >= 0.6 is 0 Å². The summed E-state index contributed by atoms with van der Waals surface area (Å²) in [7, 11) is 0. The summed E-state index contributed by atoms with van der Waals surface area (Å²) in [4.78, 5) is 25.5. The number of aromatic nitrogens is 2. The van der Waals surface area contributed by atoms with Gasteiger partial charge >= 0.3 is 0 Å². The molecule has 1 aromatic heterocycles. The Balaban J connectivity index is 1.97. The first kappa shape index (κ1) is 9.57. The zero-order chi connectivity index (χ0) is 11.2. The summed E-state index contributed by atoms with van der Waals surface area (Å²) in [6.45, 7) is 0. The van der Waals surface area contributed by atoms with Crippen molar-refractivity contribution in [3.05, 3.63) is 12.4 Å². The first-order chi connectivity index (χ1) is 7.73. The fourth-order valence-electron chi connectivity index (χ4n) is 2.86. The minimum atomic E-state index is -0.394. The average Bonchev–Trinajstić information content (AvgIpc) is 2.92. The Morgan fingerprint density at radius 1 is 1.31 bits per heavy atom. The molecule has 0 atom stereocenters. The molecule has 2 fully saturated rings. The SMILES string of the molecule is O=C1CC2(CCCC2)C(=O)N1c1cn[nH]c1. The van der Waals surface area contributed by atoms with Crippen molar-refractivity contribution in [1.29, 1.82) is 0 Å². The van der Waals surface area contributed by atoms with Crippen molar-refractivity contribution in [3.8, 4) is 0 Å². The van der Waals surface area contributed by atoms with Gasteiger partial charge in [0.05, 0.1) is 17.3 Å². The summed E-state index contributed by atoms with van der Waals surface area (Å²) < 4.78 is 0. The van der Waals surface area contributed by atoms with Gasteiger partial charge in [-0.05, 0) is 12.8 Å². The topological polar surface area (TPSA) is 66.1 Å². The molecule has 1 aliphatic heterocycles. The second-order valence-corrected chi connectivity index (χ2v) is 4.66. The van der Waals surface area contributed by atoms with Gasteiger partial charge in [-0.2, -0.15) is 5.10 Å². The molecule has 84 valence electrons. The van der Waals surface area contributed by atoms with Gasteiger partial charge in [0.25, 0.3) is 0 Å². The van der Waals surface area contributed by atoms with Gasteiger partial charge in [0.2, 0.25) is 11.8 Å². The van der Waals surface area contributed by atoms with Crippen LogP contribution in [0.1, 0.15) is 32.1 Å². The predicted octanol–water partition coefficient (Wildman–Crippen LogP) is 1.23. The van der Waals surface area contributed by atoms with Crippen LogP contribution in [0.5, 0.6) is 0 Å². The number of amides is 2. The van der Waals surface area contributed by atoms with Crippen LogP contribution < -0.4 is 4.90 Å². The van der Waals surface area contributed by atoms with Crippen LogP contribution in [0.3, 0.4) is 0 Å². The van der Waals surface area contributed by atoms with Crippen LogP contribution in [-0.2, 0) is 9.59 Å². The monoisotopic (exact) mass is 219 g/mol. The summed E-state index contributed by atoms with van der Waals surface area (Å²) in [5.41, 5.74) is 0.174. The summed E-state index contributed by atoms with van der Waals surface area (Å²) >= 11 is 0. The molecule has 5 heteroatoms. The summed E-state index contributed by atoms with van der Waals surface area (Å²) in [6, 6.07) is 0. The van der Waals surface area contributed by atoms with Crippen molar-refractivity contribution in [2.75, 3.05) is 4.90 Å². The van der Waals surface area contributed by atoms with E-state index in [-0.39, 0.29) is 11.8 Å². The highest BCUT2D eigenvalue weighted by Crippen LogP contribution is 2.47. The van der Waals surface area contributed by atoms with E-state index in [1.54, 1.807) is 6.20 Å². The number of nitrogens with one attached hydrogen (secondary N) is 1. The molecule has 16 heavy (non-hydrogen) atoms. The minimum absolute atomic E-state index is 0.0311. The molecule has 1 spiro atoms. The Bertz CT molecular complexity index is 432. The van der Waals surface area contributed by atoms with Crippen LogP contribution in [0, 0.1) is 5.41 Å². The zero-order valence-corrected chi connectivity index (χ0v) is 8.90. The molecule has 1 aromatic rings. The van der Waals surface area contributed by atoms with Gasteiger partial charge in [-0.1, -0.05) is 12.8 Å². The average molecular weight is 219 g/mol. The van der Waals surface area contributed by atoms with E-state index in [1.165, 1.54) is 11.1 Å². The van der Waals surface area contributed by atoms with Crippen LogP contribution in [0.25, 0.3) is 0 Å². The van der Waals surface area contributed by atoms with Gasteiger partial charge < -0.3 is 0 Å². The number of hydrogen-bond acceptors (Lipinski definition) is 3. The Kier molecular flexibility index (Phi) is 1.89. The second-order valence-electron chi connectivity index (χ2n) is 4.66. The second kappa shape index (κ2) is 3.17. The van der Waals surface area contributed by atoms with E-state index < -0.39 is 5.41 Å². The Morgan fingerprint density at radius 2 is 2.06 bits per heavy atom. The van der Waals surface area contributed by atoms with E-state index in [9.17, 15) is 9.59 Å². The van der Waals surface area contributed by atoms with Crippen molar-refractivity contribution < 1.29 is 9.59 Å². The van der Waals surface area contributed by atoms with Crippen molar-refractivity contribution in [3.63, 3.8) is 0 Å². The van der Waals surface area contributed by atoms with E-state index >= 15 is 0 Å². The smallest absolute Gasteiger partial charge is 0.240 e. The molecule has 1 saturated heterocycles. The lowest BCUT2D eigenvalue weighted by Gasteiger charge is -2.19. The maximum Gasteiger partial charge on any atom is 0.240 e. The van der Waals surface area contributed by atoms with Gasteiger partial charge in [-0.15, -0.1) is 0 Å². The van der Waals surface area contributed by atoms with E-state index in [4.69, 9.17) is 0 Å². The number of rotatable bonds is 1. The molecular weight excluding hydrogens is 206 g/mol. The summed E-state index contributed by atoms with van der Waals surface area (Å²) in [6.07, 6.45) is 7.29. The third-order valence-corrected chi connectivity index (χ3v) is 3.70. The molecule has 1 saturated carbocycles. The molecule has 0 aromatic carbocycles. The summed E-state index contributed by atoms with van der Waals surface area (Å²) in [5.74, 6) is -0.121. The first-order valence-corrected chi connectivity index (χ1v) is 5.59. The fourth-order valence-corrected chi connectivity index (χ4v) is 2.86. The molecule has 1 N–H and O–H groups in total. The number of H-pyrrole nitrogens is 1. The van der Waals surface area contributed by atoms with Crippen molar-refractivity contribution in [2.45, 2.75) is 32.1 Å². The highest BCUT2D eigenvalue weighted by molar-refractivity contribution is 6.22. The zero-order valence-electron chi connectivity index (χ0n) is 8.90. The van der Waals surface area contributed by atoms with Gasteiger partial charge in [0.1, 0.15) is 0 Å². The first-order valence-electron chi connectivity index (χ1n) is 5.59. The molecule has 0 radical (unpaired) electrons. The van der Waals surface area contributed by atoms with E-state index in [1.807, 2.05) is 0 Å². The lowest BCUT2D eigenvalue weighted by Crippen LogP contribution is -2.34. The molecule has 5 nitrogen and oxygen atoms in total. The normalized spacial score (nSPS) is 23.6. The van der Waals surface area contributed by atoms with Crippen LogP contribution in [0.4, 0.5) is 5.69 Å². The third-order valence-electron chi connectivity index (χ3n) is 3.70. The van der Waals surface area contributed by atoms with Crippen LogP contribution in [-0.4, -0.2) is 22.0 Å². The molecular formula is C11H13N3O2. The number of nitrogens with zero attached hydrogens (tertiary/aromatic N) is 2. The predicted molar refractivity (Wildman–Crippen MR) is 56.6 cm³/mol. The summed E-state index contributed by atoms with van der Waals surface area (Å²) in [5, 5.41) is 6.41. The standard InChI is InChI=1S/C11H13N3O2/c15-9-5-11(3-1-2-4-11)10(16)14(9)8-6-12-13-7-8/h6-7H,1-5H2,(H,12,13). The van der Waals surface area contributed by atoms with Gasteiger partial charge in [0.15, 0.2) is 0 Å². The van der Waals surface area contributed by atoms with E-state index in [0.717, 1.165) is 25.7 Å². The molecule has 3 rings (SSSR count). The molecule has 1 aliphatic carbocycles. The number of carbonyl (C=O) groups is 2. The Morgan fingerprint density at radius 3 is 2.69 bits per heavy atom. The highest BCUT2D eigenvalue weighted by atomic mass is 16.2. The molecule has 2 heterocycles. The van der Waals surface area contributed by atoms with Crippen LogP contribution in [0.2, 0.25) is 0 Å². The number of anilines is 1. The molecule has 2 amide bonds. The number of hydrogen-bond donors (Lipinski definition) is 1. The highest BCUT2D eigenvalue weighted by Gasteiger charge is 2.53.